The van der Waals surface area contributed by atoms with Gasteiger partial charge in [-0.15, -0.1) is 0 Å². The molecule has 0 saturated heterocycles. The van der Waals surface area contributed by atoms with Crippen molar-refractivity contribution >= 4 is 29.0 Å². The number of halogens is 2. The zero-order valence-electron chi connectivity index (χ0n) is 9.21. The Balaban J connectivity index is 2.11. The van der Waals surface area contributed by atoms with Crippen molar-refractivity contribution in [1.82, 2.24) is 9.97 Å². The summed E-state index contributed by atoms with van der Waals surface area (Å²) in [4.78, 5) is 18.6. The molecule has 2 N–H and O–H groups in total. The van der Waals surface area contributed by atoms with E-state index < -0.39 is 0 Å². The van der Waals surface area contributed by atoms with E-state index in [1.807, 2.05) is 6.07 Å². The lowest BCUT2D eigenvalue weighted by Gasteiger charge is -2.10. The molecule has 18 heavy (non-hydrogen) atoms. The molecule has 0 aliphatic carbocycles. The van der Waals surface area contributed by atoms with Crippen molar-refractivity contribution < 1.29 is 0 Å². The van der Waals surface area contributed by atoms with E-state index in [1.165, 1.54) is 6.33 Å². The average molecular weight is 282 g/mol. The first-order chi connectivity index (χ1) is 8.66. The van der Waals surface area contributed by atoms with Crippen molar-refractivity contribution in [3.05, 3.63) is 56.1 Å². The van der Waals surface area contributed by atoms with Gasteiger partial charge in [-0.1, -0.05) is 29.3 Å². The third-order valence-electron chi connectivity index (χ3n) is 3.06. The minimum atomic E-state index is -0.124. The van der Waals surface area contributed by atoms with Gasteiger partial charge >= 0.3 is 0 Å². The molecule has 1 aromatic heterocycles. The summed E-state index contributed by atoms with van der Waals surface area (Å²) < 4.78 is 0. The summed E-state index contributed by atoms with van der Waals surface area (Å²) in [5, 5.41) is 4.11. The number of hydrogen-bond donors (Lipinski definition) is 2. The number of anilines is 1. The molecule has 92 valence electrons. The zero-order chi connectivity index (χ0) is 12.7. The second-order valence-corrected chi connectivity index (χ2v) is 4.92. The van der Waals surface area contributed by atoms with Gasteiger partial charge in [-0.25, -0.2) is 4.98 Å². The smallest absolute Gasteiger partial charge is 0.256 e. The number of H-pyrrole nitrogens is 1. The van der Waals surface area contributed by atoms with Gasteiger partial charge in [0.15, 0.2) is 0 Å². The second kappa shape index (κ2) is 4.30. The van der Waals surface area contributed by atoms with E-state index in [4.69, 9.17) is 23.2 Å². The normalized spacial score (nSPS) is 17.3. The van der Waals surface area contributed by atoms with Crippen LogP contribution in [0.3, 0.4) is 0 Å². The molecule has 0 unspecified atom stereocenters. The quantitative estimate of drug-likeness (QED) is 0.845. The molecule has 0 radical (unpaired) electrons. The van der Waals surface area contributed by atoms with Crippen LogP contribution in [0.15, 0.2) is 29.3 Å². The number of aromatic amines is 1. The maximum Gasteiger partial charge on any atom is 0.256 e. The highest BCUT2D eigenvalue weighted by Crippen LogP contribution is 2.34. The molecule has 1 aliphatic heterocycles. The van der Waals surface area contributed by atoms with Gasteiger partial charge in [0.2, 0.25) is 0 Å². The van der Waals surface area contributed by atoms with Crippen LogP contribution in [0.4, 0.5) is 5.82 Å². The van der Waals surface area contributed by atoms with Crippen molar-refractivity contribution in [2.45, 2.75) is 5.92 Å². The maximum atomic E-state index is 11.9. The van der Waals surface area contributed by atoms with Crippen molar-refractivity contribution in [1.29, 1.82) is 0 Å². The van der Waals surface area contributed by atoms with Crippen LogP contribution in [0.1, 0.15) is 17.0 Å². The van der Waals surface area contributed by atoms with Crippen LogP contribution in [-0.4, -0.2) is 16.5 Å². The topological polar surface area (TPSA) is 57.8 Å². The Kier molecular flexibility index (Phi) is 2.76. The molecule has 0 spiro atoms. The minimum Gasteiger partial charge on any atom is -0.369 e. The van der Waals surface area contributed by atoms with Crippen LogP contribution in [0.2, 0.25) is 10.0 Å². The summed E-state index contributed by atoms with van der Waals surface area (Å²) in [5.74, 6) is 0.585. The first-order valence-corrected chi connectivity index (χ1v) is 6.19. The van der Waals surface area contributed by atoms with Gasteiger partial charge in [-0.2, -0.15) is 0 Å². The summed E-state index contributed by atoms with van der Waals surface area (Å²) in [7, 11) is 0. The molecule has 1 aromatic carbocycles. The average Bonchev–Trinajstić information content (AvgIpc) is 2.78. The highest BCUT2D eigenvalue weighted by molar-refractivity contribution is 6.42. The highest BCUT2D eigenvalue weighted by atomic mass is 35.5. The van der Waals surface area contributed by atoms with E-state index in [9.17, 15) is 4.79 Å². The van der Waals surface area contributed by atoms with E-state index in [1.54, 1.807) is 12.1 Å². The van der Waals surface area contributed by atoms with Crippen LogP contribution < -0.4 is 10.9 Å². The van der Waals surface area contributed by atoms with Gasteiger partial charge in [-0.05, 0) is 17.7 Å². The van der Waals surface area contributed by atoms with Gasteiger partial charge in [0.1, 0.15) is 5.82 Å². The van der Waals surface area contributed by atoms with Gasteiger partial charge in [-0.3, -0.25) is 4.79 Å². The monoisotopic (exact) mass is 281 g/mol. The molecule has 1 atom stereocenters. The third kappa shape index (κ3) is 1.78. The fourth-order valence-electron chi connectivity index (χ4n) is 2.19. The largest absolute Gasteiger partial charge is 0.369 e. The van der Waals surface area contributed by atoms with Gasteiger partial charge in [0.05, 0.1) is 21.9 Å². The maximum absolute atomic E-state index is 11.9. The molecule has 2 aromatic rings. The van der Waals surface area contributed by atoms with Crippen LogP contribution in [-0.2, 0) is 0 Å². The minimum absolute atomic E-state index is 0.0489. The Hall–Kier alpha value is -1.52. The Morgan fingerprint density at radius 2 is 2.11 bits per heavy atom. The molecule has 0 bridgehead atoms. The molecule has 1 aliphatic rings. The number of aromatic nitrogens is 2. The van der Waals surface area contributed by atoms with Crippen molar-refractivity contribution in [3.8, 4) is 0 Å². The number of hydrogen-bond acceptors (Lipinski definition) is 3. The van der Waals surface area contributed by atoms with E-state index >= 15 is 0 Å². The van der Waals surface area contributed by atoms with E-state index in [2.05, 4.69) is 15.3 Å². The van der Waals surface area contributed by atoms with E-state index in [-0.39, 0.29) is 11.5 Å². The summed E-state index contributed by atoms with van der Waals surface area (Å²) >= 11 is 11.9. The highest BCUT2D eigenvalue weighted by Gasteiger charge is 2.28. The van der Waals surface area contributed by atoms with Crippen molar-refractivity contribution in [3.63, 3.8) is 0 Å². The number of benzene rings is 1. The first kappa shape index (κ1) is 11.6. The molecule has 0 amide bonds. The van der Waals surface area contributed by atoms with Crippen molar-refractivity contribution in [2.75, 3.05) is 11.9 Å². The molecule has 0 fully saturated rings. The van der Waals surface area contributed by atoms with E-state index in [0.717, 1.165) is 5.56 Å². The molecule has 4 nitrogen and oxygen atoms in total. The van der Waals surface area contributed by atoms with Crippen LogP contribution >= 0.6 is 23.2 Å². The van der Waals surface area contributed by atoms with E-state index in [0.29, 0.717) is 28.0 Å². The van der Waals surface area contributed by atoms with Crippen LogP contribution in [0.5, 0.6) is 0 Å². The predicted molar refractivity (Wildman–Crippen MR) is 71.7 cm³/mol. The third-order valence-corrected chi connectivity index (χ3v) is 3.80. The van der Waals surface area contributed by atoms with Gasteiger partial charge in [0.25, 0.3) is 5.56 Å². The number of nitrogens with zero attached hydrogens (tertiary/aromatic N) is 1. The number of fused-ring (bicyclic) bond motifs is 1. The lowest BCUT2D eigenvalue weighted by molar-refractivity contribution is 0.887. The molecule has 2 heterocycles. The zero-order valence-corrected chi connectivity index (χ0v) is 10.7. The Morgan fingerprint density at radius 3 is 2.89 bits per heavy atom. The fraction of sp³-hybridized carbons (Fsp3) is 0.167. The number of rotatable bonds is 1. The molecule has 3 rings (SSSR count). The predicted octanol–water partition coefficient (Wildman–Crippen LogP) is 2.63. The van der Waals surface area contributed by atoms with Gasteiger partial charge < -0.3 is 10.3 Å². The van der Waals surface area contributed by atoms with Crippen molar-refractivity contribution in [2.24, 2.45) is 0 Å². The van der Waals surface area contributed by atoms with Gasteiger partial charge in [0, 0.05) is 12.5 Å². The second-order valence-electron chi connectivity index (χ2n) is 4.10. The first-order valence-electron chi connectivity index (χ1n) is 5.43. The molecular formula is C12H9Cl2N3O. The number of nitrogens with one attached hydrogen (secondary N) is 2. The Labute approximate surface area is 113 Å². The summed E-state index contributed by atoms with van der Waals surface area (Å²) in [6.07, 6.45) is 1.39. The molecule has 0 saturated carbocycles. The molecule has 6 heteroatoms. The summed E-state index contributed by atoms with van der Waals surface area (Å²) in [5.41, 5.74) is 1.48. The summed E-state index contributed by atoms with van der Waals surface area (Å²) in [6, 6.07) is 5.40. The molecular weight excluding hydrogens is 273 g/mol. The lowest BCUT2D eigenvalue weighted by Crippen LogP contribution is -2.15. The SMILES string of the molecule is O=c1[nH]cnc2c1[C@H](c1ccc(Cl)c(Cl)c1)CN2. The lowest BCUT2D eigenvalue weighted by atomic mass is 9.95. The standard InChI is InChI=1S/C12H9Cl2N3O/c13-8-2-1-6(3-9(8)14)7-4-15-11-10(7)12(18)17-5-16-11/h1-3,5,7H,4H2,(H2,15,16,17,18)/t7-/m0/s1. The summed E-state index contributed by atoms with van der Waals surface area (Å²) in [6.45, 7) is 0.632. The van der Waals surface area contributed by atoms with Crippen LogP contribution in [0.25, 0.3) is 0 Å². The Morgan fingerprint density at radius 1 is 1.28 bits per heavy atom. The fourth-order valence-corrected chi connectivity index (χ4v) is 2.50. The Bertz CT molecular complexity index is 669. The van der Waals surface area contributed by atoms with Crippen LogP contribution in [0, 0.1) is 0 Å².